The van der Waals surface area contributed by atoms with Crippen LogP contribution in [-0.4, -0.2) is 93.9 Å². The highest BCUT2D eigenvalue weighted by Crippen LogP contribution is 2.31. The van der Waals surface area contributed by atoms with E-state index in [0.717, 1.165) is 18.4 Å². The molecule has 1 heterocycles. The summed E-state index contributed by atoms with van der Waals surface area (Å²) in [7, 11) is 3.31. The van der Waals surface area contributed by atoms with Gasteiger partial charge in [0.05, 0.1) is 38.6 Å². The molecule has 212 valence electrons. The Morgan fingerprint density at radius 2 is 1.89 bits per heavy atom. The van der Waals surface area contributed by atoms with Gasteiger partial charge >= 0.3 is 0 Å². The van der Waals surface area contributed by atoms with Crippen molar-refractivity contribution < 1.29 is 28.8 Å². The van der Waals surface area contributed by atoms with Gasteiger partial charge in [-0.25, -0.2) is 0 Å². The minimum atomic E-state index is -0.832. The maximum Gasteiger partial charge on any atom is 0.240 e. The summed E-state index contributed by atoms with van der Waals surface area (Å²) >= 11 is 0. The molecule has 0 aliphatic carbocycles. The highest BCUT2D eigenvalue weighted by Gasteiger charge is 2.35. The molecular formula is C28H49N3O6. The average Bonchev–Trinajstić information content (AvgIpc) is 2.89. The van der Waals surface area contributed by atoms with Crippen molar-refractivity contribution in [2.24, 2.45) is 17.6 Å². The third-order valence-electron chi connectivity index (χ3n) is 7.32. The normalized spacial score (nSPS) is 17.3. The second kappa shape index (κ2) is 15.5. The number of methoxy groups -OCH3 is 2. The lowest BCUT2D eigenvalue weighted by Gasteiger charge is -2.39. The van der Waals surface area contributed by atoms with Gasteiger partial charge < -0.3 is 35.1 Å². The number of morpholine rings is 1. The fraction of sp³-hybridized carbons (Fsp3) is 0.750. The summed E-state index contributed by atoms with van der Waals surface area (Å²) in [6.45, 7) is 12.1. The van der Waals surface area contributed by atoms with Gasteiger partial charge in [-0.15, -0.1) is 0 Å². The van der Waals surface area contributed by atoms with E-state index in [0.29, 0.717) is 63.4 Å². The van der Waals surface area contributed by atoms with E-state index in [1.807, 2.05) is 32.0 Å². The fourth-order valence-electron chi connectivity index (χ4n) is 4.58. The van der Waals surface area contributed by atoms with Crippen LogP contribution in [0, 0.1) is 11.8 Å². The number of nitrogens with one attached hydrogen (secondary N) is 1. The van der Waals surface area contributed by atoms with Crippen molar-refractivity contribution in [2.75, 3.05) is 60.3 Å². The fourth-order valence-corrected chi connectivity index (χ4v) is 4.58. The molecule has 9 nitrogen and oxygen atoms in total. The summed E-state index contributed by atoms with van der Waals surface area (Å²) < 4.78 is 21.9. The van der Waals surface area contributed by atoms with Gasteiger partial charge in [0, 0.05) is 45.8 Å². The molecule has 1 saturated heterocycles. The number of rotatable bonds is 16. The minimum absolute atomic E-state index is 0.114. The third kappa shape index (κ3) is 9.72. The van der Waals surface area contributed by atoms with Crippen molar-refractivity contribution in [2.45, 2.75) is 64.6 Å². The highest BCUT2D eigenvalue weighted by molar-refractivity contribution is 5.85. The summed E-state index contributed by atoms with van der Waals surface area (Å²) in [5.74, 6) is 1.91. The van der Waals surface area contributed by atoms with E-state index in [1.165, 1.54) is 0 Å². The zero-order valence-corrected chi connectivity index (χ0v) is 23.6. The average molecular weight is 524 g/mol. The summed E-state index contributed by atoms with van der Waals surface area (Å²) in [6, 6.07) is 5.55. The molecule has 0 saturated carbocycles. The van der Waals surface area contributed by atoms with Gasteiger partial charge in [0.1, 0.15) is 0 Å². The molecule has 9 heteroatoms. The summed E-state index contributed by atoms with van der Waals surface area (Å²) in [6.07, 6.45) is 1.40. The van der Waals surface area contributed by atoms with Crippen molar-refractivity contribution >= 4 is 5.91 Å². The molecule has 37 heavy (non-hydrogen) atoms. The topological polar surface area (TPSA) is 116 Å². The first-order valence-corrected chi connectivity index (χ1v) is 13.4. The van der Waals surface area contributed by atoms with E-state index in [9.17, 15) is 9.90 Å². The Morgan fingerprint density at radius 3 is 2.51 bits per heavy atom. The second-order valence-electron chi connectivity index (χ2n) is 10.7. The number of carbonyl (C=O) groups excluding carboxylic acids is 1. The zero-order valence-electron chi connectivity index (χ0n) is 23.6. The minimum Gasteiger partial charge on any atom is -0.493 e. The molecule has 0 radical (unpaired) electrons. The maximum atomic E-state index is 12.9. The quantitative estimate of drug-likeness (QED) is 0.283. The first kappa shape index (κ1) is 31.3. The Balaban J connectivity index is 1.94. The molecule has 3 atom stereocenters. The smallest absolute Gasteiger partial charge is 0.240 e. The van der Waals surface area contributed by atoms with Crippen molar-refractivity contribution in [1.82, 2.24) is 10.2 Å². The van der Waals surface area contributed by atoms with Crippen LogP contribution in [0.4, 0.5) is 0 Å². The number of benzene rings is 1. The molecule has 1 aromatic carbocycles. The van der Waals surface area contributed by atoms with Gasteiger partial charge in [-0.3, -0.25) is 9.69 Å². The standard InChI is InChI=1S/C28H49N3O6/c1-20(2)22(16-21-8-9-25(35-6)26(17-21)37-13-7-12-34-5)18-23(29)24(32)19-30-27(33)28(3,4)31-10-14-36-15-11-31/h8-9,17,20,22-24,32H,7,10-16,18-19,29H2,1-6H3,(H,30,33)/t22-,23-,24-/m0/s1. The number of nitrogens with zero attached hydrogens (tertiary/aromatic N) is 1. The molecule has 0 unspecified atom stereocenters. The van der Waals surface area contributed by atoms with Crippen LogP contribution in [0.1, 0.15) is 46.1 Å². The SMILES string of the molecule is COCCCOc1cc(C[C@@H](C[C@H](N)[C@@H](O)CNC(=O)C(C)(C)N2CCOCC2)C(C)C)ccc1OC. The zero-order chi connectivity index (χ0) is 27.4. The summed E-state index contributed by atoms with van der Waals surface area (Å²) in [4.78, 5) is 15.0. The number of aliphatic hydroxyl groups excluding tert-OH is 1. The molecule has 1 aromatic rings. The maximum absolute atomic E-state index is 12.9. The molecule has 0 aromatic heterocycles. The summed E-state index contributed by atoms with van der Waals surface area (Å²) in [5.41, 5.74) is 6.89. The van der Waals surface area contributed by atoms with Crippen molar-refractivity contribution in [3.8, 4) is 11.5 Å². The van der Waals surface area contributed by atoms with Crippen LogP contribution >= 0.6 is 0 Å². The van der Waals surface area contributed by atoms with E-state index in [2.05, 4.69) is 24.1 Å². The predicted octanol–water partition coefficient (Wildman–Crippen LogP) is 2.23. The monoisotopic (exact) mass is 523 g/mol. The number of carbonyl (C=O) groups is 1. The Bertz CT molecular complexity index is 813. The van der Waals surface area contributed by atoms with Gasteiger partial charge in [-0.1, -0.05) is 19.9 Å². The molecule has 2 rings (SSSR count). The van der Waals surface area contributed by atoms with Crippen LogP contribution < -0.4 is 20.5 Å². The first-order chi connectivity index (χ1) is 17.6. The number of nitrogens with two attached hydrogens (primary N) is 1. The molecule has 1 aliphatic heterocycles. The van der Waals surface area contributed by atoms with Gasteiger partial charge in [-0.2, -0.15) is 0 Å². The molecule has 4 N–H and O–H groups in total. The Morgan fingerprint density at radius 1 is 1.19 bits per heavy atom. The molecule has 1 aliphatic rings. The molecule has 1 fully saturated rings. The van der Waals surface area contributed by atoms with Crippen LogP contribution in [0.2, 0.25) is 0 Å². The lowest BCUT2D eigenvalue weighted by Crippen LogP contribution is -2.59. The third-order valence-corrected chi connectivity index (χ3v) is 7.32. The number of hydrogen-bond donors (Lipinski definition) is 3. The largest absolute Gasteiger partial charge is 0.493 e. The van der Waals surface area contributed by atoms with E-state index in [-0.39, 0.29) is 18.4 Å². The van der Waals surface area contributed by atoms with Crippen LogP contribution in [0.5, 0.6) is 11.5 Å². The predicted molar refractivity (Wildman–Crippen MR) is 145 cm³/mol. The van der Waals surface area contributed by atoms with Crippen LogP contribution in [-0.2, 0) is 20.7 Å². The summed E-state index contributed by atoms with van der Waals surface area (Å²) in [5, 5.41) is 13.7. The van der Waals surface area contributed by atoms with Crippen molar-refractivity contribution in [1.29, 1.82) is 0 Å². The lowest BCUT2D eigenvalue weighted by molar-refractivity contribution is -0.135. The van der Waals surface area contributed by atoms with Gasteiger partial charge in [0.25, 0.3) is 0 Å². The van der Waals surface area contributed by atoms with E-state index >= 15 is 0 Å². The number of aliphatic hydroxyl groups is 1. The number of hydrogen-bond acceptors (Lipinski definition) is 8. The van der Waals surface area contributed by atoms with Crippen LogP contribution in [0.3, 0.4) is 0 Å². The van der Waals surface area contributed by atoms with E-state index in [1.54, 1.807) is 14.2 Å². The van der Waals surface area contributed by atoms with E-state index in [4.69, 9.17) is 24.7 Å². The lowest BCUT2D eigenvalue weighted by atomic mass is 9.83. The molecular weight excluding hydrogens is 474 g/mol. The Labute approximate surface area is 223 Å². The Kier molecular flexibility index (Phi) is 13.1. The van der Waals surface area contributed by atoms with Crippen molar-refractivity contribution in [3.05, 3.63) is 23.8 Å². The van der Waals surface area contributed by atoms with E-state index < -0.39 is 17.7 Å². The van der Waals surface area contributed by atoms with Gasteiger partial charge in [-0.05, 0) is 56.2 Å². The molecule has 0 spiro atoms. The Hall–Kier alpha value is -1.91. The highest BCUT2D eigenvalue weighted by atomic mass is 16.5. The number of amides is 1. The first-order valence-electron chi connectivity index (χ1n) is 13.4. The molecule has 1 amide bonds. The van der Waals surface area contributed by atoms with Crippen LogP contribution in [0.25, 0.3) is 0 Å². The number of ether oxygens (including phenoxy) is 4. The molecule has 0 bridgehead atoms. The van der Waals surface area contributed by atoms with Gasteiger partial charge in [0.2, 0.25) is 5.91 Å². The van der Waals surface area contributed by atoms with Crippen molar-refractivity contribution in [3.63, 3.8) is 0 Å². The van der Waals surface area contributed by atoms with Crippen LogP contribution in [0.15, 0.2) is 18.2 Å². The van der Waals surface area contributed by atoms with Gasteiger partial charge in [0.15, 0.2) is 11.5 Å². The second-order valence-corrected chi connectivity index (χ2v) is 10.7.